The van der Waals surface area contributed by atoms with E-state index in [1.54, 1.807) is 10.7 Å². The van der Waals surface area contributed by atoms with Crippen LogP contribution in [0.5, 0.6) is 0 Å². The molecule has 0 radical (unpaired) electrons. The Balaban J connectivity index is 1.84. The Morgan fingerprint density at radius 3 is 2.85 bits per heavy atom. The number of piperidine rings is 1. The van der Waals surface area contributed by atoms with Crippen LogP contribution in [-0.4, -0.2) is 55.2 Å². The van der Waals surface area contributed by atoms with Gasteiger partial charge in [-0.05, 0) is 25.7 Å². The molecule has 3 heterocycles. The summed E-state index contributed by atoms with van der Waals surface area (Å²) in [4.78, 5) is 22.5. The van der Waals surface area contributed by atoms with E-state index in [0.29, 0.717) is 30.3 Å². The standard InChI is InChI=1S/C13H17N5O2/c1-9-11(6-14-13-15-8-16-18(9)13)12(20)17-4-2-10(7-19)3-5-17/h6,8,10,19H,2-5,7H2,1H3. The number of rotatable bonds is 2. The number of nitrogens with zero attached hydrogens (tertiary/aromatic N) is 5. The summed E-state index contributed by atoms with van der Waals surface area (Å²) in [6, 6.07) is 0. The van der Waals surface area contributed by atoms with Crippen molar-refractivity contribution in [1.29, 1.82) is 0 Å². The number of hydrogen-bond donors (Lipinski definition) is 1. The van der Waals surface area contributed by atoms with Crippen molar-refractivity contribution in [3.63, 3.8) is 0 Å². The predicted molar refractivity (Wildman–Crippen MR) is 71.2 cm³/mol. The highest BCUT2D eigenvalue weighted by Gasteiger charge is 2.25. The van der Waals surface area contributed by atoms with Crippen LogP contribution in [0.4, 0.5) is 0 Å². The minimum Gasteiger partial charge on any atom is -0.396 e. The predicted octanol–water partition coefficient (Wildman–Crippen LogP) is 0.277. The van der Waals surface area contributed by atoms with Crippen LogP contribution in [-0.2, 0) is 0 Å². The second kappa shape index (κ2) is 5.16. The molecule has 3 rings (SSSR count). The molecule has 0 atom stereocenters. The zero-order valence-electron chi connectivity index (χ0n) is 11.4. The highest BCUT2D eigenvalue weighted by Crippen LogP contribution is 2.19. The lowest BCUT2D eigenvalue weighted by Gasteiger charge is -2.31. The molecule has 106 valence electrons. The SMILES string of the molecule is Cc1c(C(=O)N2CCC(CO)CC2)cnc2ncnn12. The maximum Gasteiger partial charge on any atom is 0.257 e. The van der Waals surface area contributed by atoms with Crippen molar-refractivity contribution in [3.05, 3.63) is 23.8 Å². The van der Waals surface area contributed by atoms with Gasteiger partial charge < -0.3 is 10.0 Å². The van der Waals surface area contributed by atoms with Gasteiger partial charge in [-0.15, -0.1) is 0 Å². The van der Waals surface area contributed by atoms with Crippen molar-refractivity contribution in [2.45, 2.75) is 19.8 Å². The van der Waals surface area contributed by atoms with Crippen molar-refractivity contribution in [2.24, 2.45) is 5.92 Å². The molecule has 1 fully saturated rings. The Labute approximate surface area is 116 Å². The van der Waals surface area contributed by atoms with Gasteiger partial charge in [-0.25, -0.2) is 9.50 Å². The van der Waals surface area contributed by atoms with Gasteiger partial charge in [-0.1, -0.05) is 0 Å². The van der Waals surface area contributed by atoms with Crippen LogP contribution in [0.15, 0.2) is 12.5 Å². The molecule has 20 heavy (non-hydrogen) atoms. The number of fused-ring (bicyclic) bond motifs is 1. The molecule has 0 bridgehead atoms. The van der Waals surface area contributed by atoms with E-state index >= 15 is 0 Å². The number of carbonyl (C=O) groups is 1. The van der Waals surface area contributed by atoms with Gasteiger partial charge >= 0.3 is 0 Å². The second-order valence-electron chi connectivity index (χ2n) is 5.15. The first-order valence-electron chi connectivity index (χ1n) is 6.76. The van der Waals surface area contributed by atoms with Crippen molar-refractivity contribution in [1.82, 2.24) is 24.5 Å². The molecule has 1 N–H and O–H groups in total. The molecule has 1 aliphatic heterocycles. The van der Waals surface area contributed by atoms with Gasteiger partial charge in [0.1, 0.15) is 6.33 Å². The van der Waals surface area contributed by atoms with Crippen LogP contribution in [0.2, 0.25) is 0 Å². The molecule has 1 aliphatic rings. The highest BCUT2D eigenvalue weighted by atomic mass is 16.3. The van der Waals surface area contributed by atoms with E-state index in [1.165, 1.54) is 6.33 Å². The molecule has 0 unspecified atom stereocenters. The molecular weight excluding hydrogens is 258 g/mol. The fourth-order valence-corrected chi connectivity index (χ4v) is 2.59. The molecule has 1 saturated heterocycles. The molecule has 0 saturated carbocycles. The quantitative estimate of drug-likeness (QED) is 0.851. The maximum absolute atomic E-state index is 12.5. The summed E-state index contributed by atoms with van der Waals surface area (Å²) in [6.45, 7) is 3.41. The first-order valence-corrected chi connectivity index (χ1v) is 6.76. The first-order chi connectivity index (χ1) is 9.70. The number of aliphatic hydroxyl groups is 1. The van der Waals surface area contributed by atoms with Crippen LogP contribution in [0, 0.1) is 12.8 Å². The number of aryl methyl sites for hydroxylation is 1. The van der Waals surface area contributed by atoms with Gasteiger partial charge in [-0.3, -0.25) is 4.79 Å². The topological polar surface area (TPSA) is 83.6 Å². The Bertz CT molecular complexity index is 631. The van der Waals surface area contributed by atoms with E-state index in [2.05, 4.69) is 15.1 Å². The largest absolute Gasteiger partial charge is 0.396 e. The van der Waals surface area contributed by atoms with Crippen LogP contribution < -0.4 is 0 Å². The van der Waals surface area contributed by atoms with E-state index in [1.807, 2.05) is 11.8 Å². The van der Waals surface area contributed by atoms with E-state index in [9.17, 15) is 4.79 Å². The lowest BCUT2D eigenvalue weighted by Crippen LogP contribution is -2.39. The lowest BCUT2D eigenvalue weighted by atomic mass is 9.97. The third-order valence-electron chi connectivity index (χ3n) is 3.94. The number of carbonyl (C=O) groups excluding carboxylic acids is 1. The van der Waals surface area contributed by atoms with Crippen LogP contribution in [0.3, 0.4) is 0 Å². The minimum atomic E-state index is -0.0243. The third kappa shape index (κ3) is 2.14. The second-order valence-corrected chi connectivity index (χ2v) is 5.15. The maximum atomic E-state index is 12.5. The molecular formula is C13H17N5O2. The number of amides is 1. The van der Waals surface area contributed by atoms with E-state index in [-0.39, 0.29) is 12.5 Å². The monoisotopic (exact) mass is 275 g/mol. The number of aliphatic hydroxyl groups excluding tert-OH is 1. The van der Waals surface area contributed by atoms with Gasteiger partial charge in [0.25, 0.3) is 11.7 Å². The summed E-state index contributed by atoms with van der Waals surface area (Å²) in [5, 5.41) is 13.2. The first kappa shape index (κ1) is 13.0. The number of hydrogen-bond acceptors (Lipinski definition) is 5. The molecule has 7 nitrogen and oxygen atoms in total. The lowest BCUT2D eigenvalue weighted by molar-refractivity contribution is 0.0649. The highest BCUT2D eigenvalue weighted by molar-refractivity contribution is 5.95. The van der Waals surface area contributed by atoms with Gasteiger partial charge in [-0.2, -0.15) is 10.1 Å². The Kier molecular flexibility index (Phi) is 3.35. The van der Waals surface area contributed by atoms with E-state index in [0.717, 1.165) is 18.5 Å². The summed E-state index contributed by atoms with van der Waals surface area (Å²) >= 11 is 0. The molecule has 1 amide bonds. The van der Waals surface area contributed by atoms with Gasteiger partial charge in [0.2, 0.25) is 0 Å². The molecule has 2 aromatic heterocycles. The normalized spacial score (nSPS) is 16.8. The minimum absolute atomic E-state index is 0.0243. The van der Waals surface area contributed by atoms with Crippen LogP contribution >= 0.6 is 0 Å². The van der Waals surface area contributed by atoms with Crippen molar-refractivity contribution in [2.75, 3.05) is 19.7 Å². The fraction of sp³-hybridized carbons (Fsp3) is 0.538. The Morgan fingerprint density at radius 2 is 2.15 bits per heavy atom. The molecule has 0 aromatic carbocycles. The fourth-order valence-electron chi connectivity index (χ4n) is 2.59. The van der Waals surface area contributed by atoms with Crippen molar-refractivity contribution >= 4 is 11.7 Å². The molecule has 2 aromatic rings. The smallest absolute Gasteiger partial charge is 0.257 e. The number of aromatic nitrogens is 4. The third-order valence-corrected chi connectivity index (χ3v) is 3.94. The van der Waals surface area contributed by atoms with Gasteiger partial charge in [0.15, 0.2) is 0 Å². The molecule has 0 spiro atoms. The Morgan fingerprint density at radius 1 is 1.40 bits per heavy atom. The Hall–Kier alpha value is -2.02. The van der Waals surface area contributed by atoms with E-state index in [4.69, 9.17) is 5.11 Å². The average molecular weight is 275 g/mol. The summed E-state index contributed by atoms with van der Waals surface area (Å²) in [5.41, 5.74) is 1.31. The zero-order valence-corrected chi connectivity index (χ0v) is 11.4. The van der Waals surface area contributed by atoms with Gasteiger partial charge in [0, 0.05) is 25.9 Å². The van der Waals surface area contributed by atoms with Crippen LogP contribution in [0.1, 0.15) is 28.9 Å². The average Bonchev–Trinajstić information content (AvgIpc) is 2.96. The van der Waals surface area contributed by atoms with E-state index < -0.39 is 0 Å². The number of likely N-dealkylation sites (tertiary alicyclic amines) is 1. The zero-order chi connectivity index (χ0) is 14.1. The van der Waals surface area contributed by atoms with Crippen LogP contribution in [0.25, 0.3) is 5.78 Å². The summed E-state index contributed by atoms with van der Waals surface area (Å²) in [7, 11) is 0. The summed E-state index contributed by atoms with van der Waals surface area (Å²) < 4.78 is 1.58. The van der Waals surface area contributed by atoms with Crippen molar-refractivity contribution < 1.29 is 9.90 Å². The van der Waals surface area contributed by atoms with Crippen molar-refractivity contribution in [3.8, 4) is 0 Å². The molecule has 7 heteroatoms. The summed E-state index contributed by atoms with van der Waals surface area (Å²) in [6.07, 6.45) is 4.69. The van der Waals surface area contributed by atoms with Gasteiger partial charge in [0.05, 0.1) is 11.3 Å². The summed E-state index contributed by atoms with van der Waals surface area (Å²) in [5.74, 6) is 0.790. The molecule has 0 aliphatic carbocycles.